The first-order valence-corrected chi connectivity index (χ1v) is 11.7. The zero-order chi connectivity index (χ0) is 22.7. The minimum atomic E-state index is -3.88. The van der Waals surface area contributed by atoms with Crippen molar-refractivity contribution < 1.29 is 13.2 Å². The van der Waals surface area contributed by atoms with E-state index in [2.05, 4.69) is 25.0 Å². The lowest BCUT2D eigenvalue weighted by Gasteiger charge is -2.09. The summed E-state index contributed by atoms with van der Waals surface area (Å²) in [7, 11) is -3.88. The second-order valence-electron chi connectivity index (χ2n) is 6.70. The molecule has 9 nitrogen and oxygen atoms in total. The van der Waals surface area contributed by atoms with Crippen molar-refractivity contribution in [2.45, 2.75) is 11.8 Å². The number of amides is 1. The number of aryl methyl sites for hydroxylation is 1. The molecule has 4 N–H and O–H groups in total. The smallest absolute Gasteiger partial charge is 0.268 e. The highest BCUT2D eigenvalue weighted by Gasteiger charge is 2.20. The first kappa shape index (κ1) is 21.4. The number of hydrogen-bond donors (Lipinski definition) is 3. The van der Waals surface area contributed by atoms with Crippen molar-refractivity contribution in [2.75, 3.05) is 15.8 Å². The van der Waals surface area contributed by atoms with Gasteiger partial charge in [0.25, 0.3) is 15.9 Å². The summed E-state index contributed by atoms with van der Waals surface area (Å²) in [5.74, 6) is -0.404. The van der Waals surface area contributed by atoms with Crippen molar-refractivity contribution >= 4 is 44.0 Å². The van der Waals surface area contributed by atoms with E-state index in [-0.39, 0.29) is 21.9 Å². The fraction of sp³-hybridized carbons (Fsp3) is 0.0476. The number of sulfonamides is 1. The second kappa shape index (κ2) is 8.73. The largest absolute Gasteiger partial charge is 0.375 e. The third-order valence-electron chi connectivity index (χ3n) is 4.34. The van der Waals surface area contributed by atoms with E-state index in [4.69, 9.17) is 5.73 Å². The van der Waals surface area contributed by atoms with Crippen LogP contribution in [0, 0.1) is 6.92 Å². The number of nitrogens with one attached hydrogen (secondary N) is 2. The molecule has 0 aliphatic heterocycles. The molecule has 0 atom stereocenters. The molecule has 2 aromatic carbocycles. The summed E-state index contributed by atoms with van der Waals surface area (Å²) in [6.07, 6.45) is 1.47. The molecule has 2 aromatic heterocycles. The number of thiazole rings is 1. The summed E-state index contributed by atoms with van der Waals surface area (Å²) in [5.41, 5.74) is 8.16. The normalized spacial score (nSPS) is 11.2. The van der Waals surface area contributed by atoms with Crippen molar-refractivity contribution in [3.63, 3.8) is 0 Å². The Hall–Kier alpha value is -3.83. The van der Waals surface area contributed by atoms with Crippen LogP contribution in [0.4, 0.5) is 16.8 Å². The van der Waals surface area contributed by atoms with Gasteiger partial charge in [0.2, 0.25) is 5.95 Å². The van der Waals surface area contributed by atoms with E-state index in [1.54, 1.807) is 13.0 Å². The Morgan fingerprint density at radius 3 is 2.41 bits per heavy atom. The predicted molar refractivity (Wildman–Crippen MR) is 124 cm³/mol. The summed E-state index contributed by atoms with van der Waals surface area (Å²) in [4.78, 5) is 25.4. The Kier molecular flexibility index (Phi) is 5.84. The Morgan fingerprint density at radius 1 is 1.00 bits per heavy atom. The third kappa shape index (κ3) is 4.74. The number of anilines is 3. The van der Waals surface area contributed by atoms with Gasteiger partial charge in [-0.15, -0.1) is 0 Å². The predicted octanol–water partition coefficient (Wildman–Crippen LogP) is 3.54. The Morgan fingerprint density at radius 2 is 1.72 bits per heavy atom. The molecule has 0 saturated heterocycles. The van der Waals surface area contributed by atoms with Crippen LogP contribution in [0.15, 0.2) is 71.8 Å². The molecule has 2 heterocycles. The number of carbonyl (C=O) groups excluding carboxylic acids is 1. The van der Waals surface area contributed by atoms with Crippen LogP contribution >= 0.6 is 11.3 Å². The van der Waals surface area contributed by atoms with Gasteiger partial charge in [-0.3, -0.25) is 4.79 Å². The summed E-state index contributed by atoms with van der Waals surface area (Å²) in [5, 5.41) is 3.03. The lowest BCUT2D eigenvalue weighted by Crippen LogP contribution is -2.15. The van der Waals surface area contributed by atoms with Gasteiger partial charge in [0.15, 0.2) is 5.13 Å². The molecule has 0 spiro atoms. The highest BCUT2D eigenvalue weighted by Crippen LogP contribution is 2.30. The number of rotatable bonds is 6. The third-order valence-corrected chi connectivity index (χ3v) is 6.57. The van der Waals surface area contributed by atoms with E-state index in [0.717, 1.165) is 16.9 Å². The van der Waals surface area contributed by atoms with Crippen LogP contribution in [0.3, 0.4) is 0 Å². The molecule has 0 aliphatic carbocycles. The van der Waals surface area contributed by atoms with Crippen LogP contribution in [-0.4, -0.2) is 29.3 Å². The van der Waals surface area contributed by atoms with E-state index in [9.17, 15) is 13.2 Å². The van der Waals surface area contributed by atoms with Crippen LogP contribution in [0.1, 0.15) is 15.4 Å². The van der Waals surface area contributed by atoms with Crippen molar-refractivity contribution in [1.29, 1.82) is 0 Å². The van der Waals surface area contributed by atoms with Gasteiger partial charge >= 0.3 is 0 Å². The number of benzene rings is 2. The molecule has 162 valence electrons. The highest BCUT2D eigenvalue weighted by atomic mass is 32.2. The number of hydrogen-bond acceptors (Lipinski definition) is 8. The van der Waals surface area contributed by atoms with Crippen LogP contribution in [-0.2, 0) is 10.0 Å². The number of nitrogen functional groups attached to an aromatic ring is 1. The molecule has 0 radical (unpaired) electrons. The first-order valence-electron chi connectivity index (χ1n) is 9.37. The van der Waals surface area contributed by atoms with Crippen LogP contribution < -0.4 is 15.8 Å². The lowest BCUT2D eigenvalue weighted by molar-refractivity contribution is 0.103. The fourth-order valence-corrected chi connectivity index (χ4v) is 4.57. The average Bonchev–Trinajstić information content (AvgIpc) is 3.16. The van der Waals surface area contributed by atoms with Gasteiger partial charge in [0, 0.05) is 23.1 Å². The molecule has 32 heavy (non-hydrogen) atoms. The van der Waals surface area contributed by atoms with E-state index in [0.29, 0.717) is 22.0 Å². The molecule has 4 rings (SSSR count). The number of carbonyl (C=O) groups is 1. The number of nitrogens with two attached hydrogens (primary N) is 1. The van der Waals surface area contributed by atoms with E-state index < -0.39 is 10.0 Å². The van der Waals surface area contributed by atoms with Crippen molar-refractivity contribution in [1.82, 2.24) is 15.0 Å². The van der Waals surface area contributed by atoms with E-state index in [1.165, 1.54) is 30.5 Å². The maximum absolute atomic E-state index is 12.8. The molecule has 0 saturated carbocycles. The highest BCUT2D eigenvalue weighted by molar-refractivity contribution is 7.92. The molecular weight excluding hydrogens is 448 g/mol. The van der Waals surface area contributed by atoms with Crippen molar-refractivity contribution in [3.05, 3.63) is 77.4 Å². The van der Waals surface area contributed by atoms with Gasteiger partial charge in [-0.05, 0) is 37.3 Å². The Balaban J connectivity index is 1.52. The molecule has 4 aromatic rings. The molecule has 0 aliphatic rings. The minimum absolute atomic E-state index is 0.00705. The molecule has 0 unspecified atom stereocenters. The monoisotopic (exact) mass is 466 g/mol. The van der Waals surface area contributed by atoms with Crippen molar-refractivity contribution in [3.8, 4) is 11.3 Å². The number of nitrogens with zero attached hydrogens (tertiary/aromatic N) is 3. The zero-order valence-corrected chi connectivity index (χ0v) is 18.4. The van der Waals surface area contributed by atoms with Crippen LogP contribution in [0.5, 0.6) is 0 Å². The molecule has 1 amide bonds. The van der Waals surface area contributed by atoms with Crippen molar-refractivity contribution in [2.24, 2.45) is 0 Å². The molecule has 0 bridgehead atoms. The van der Waals surface area contributed by atoms with Gasteiger partial charge in [0.05, 0.1) is 10.6 Å². The molecule has 0 fully saturated rings. The minimum Gasteiger partial charge on any atom is -0.375 e. The summed E-state index contributed by atoms with van der Waals surface area (Å²) in [6, 6.07) is 16.7. The van der Waals surface area contributed by atoms with Gasteiger partial charge < -0.3 is 11.1 Å². The number of aromatic nitrogens is 3. The van der Waals surface area contributed by atoms with Gasteiger partial charge in [0.1, 0.15) is 4.88 Å². The Bertz CT molecular complexity index is 1370. The molecular formula is C21H18N6O3S2. The second-order valence-corrected chi connectivity index (χ2v) is 9.41. The van der Waals surface area contributed by atoms with E-state index in [1.807, 2.05) is 30.3 Å². The van der Waals surface area contributed by atoms with Gasteiger partial charge in [-0.1, -0.05) is 41.7 Å². The fourth-order valence-electron chi connectivity index (χ4n) is 2.86. The lowest BCUT2D eigenvalue weighted by atomic mass is 10.1. The van der Waals surface area contributed by atoms with E-state index >= 15 is 0 Å². The average molecular weight is 467 g/mol. The Labute approximate surface area is 188 Å². The maximum atomic E-state index is 12.8. The SMILES string of the molecule is Cc1ccnc(NS(=O)(=O)c2ccc(NC(=O)c3sc(N)nc3-c3ccccc3)cc2)n1. The molecule has 11 heteroatoms. The van der Waals surface area contributed by atoms with Crippen LogP contribution in [0.2, 0.25) is 0 Å². The van der Waals surface area contributed by atoms with Gasteiger partial charge in [-0.2, -0.15) is 0 Å². The zero-order valence-electron chi connectivity index (χ0n) is 16.8. The van der Waals surface area contributed by atoms with Crippen LogP contribution in [0.25, 0.3) is 11.3 Å². The summed E-state index contributed by atoms with van der Waals surface area (Å²) >= 11 is 1.08. The first-order chi connectivity index (χ1) is 15.3. The van der Waals surface area contributed by atoms with Gasteiger partial charge in [-0.25, -0.2) is 28.1 Å². The topological polar surface area (TPSA) is 140 Å². The summed E-state index contributed by atoms with van der Waals surface area (Å²) < 4.78 is 27.5. The summed E-state index contributed by atoms with van der Waals surface area (Å²) in [6.45, 7) is 1.73. The maximum Gasteiger partial charge on any atom is 0.268 e. The standard InChI is InChI=1S/C21H18N6O3S2/c1-13-11-12-23-21(24-13)27-32(29,30)16-9-7-15(8-10-16)25-19(28)18-17(26-20(22)31-18)14-5-3-2-4-6-14/h2-12H,1H3,(H2,22,26)(H,25,28)(H,23,24,27). The quantitative estimate of drug-likeness (QED) is 0.395.